The molecule has 4 nitrogen and oxygen atoms in total. The molecule has 5 heteroatoms. The first kappa shape index (κ1) is 28.0. The Balaban J connectivity index is 0. The molecule has 1 rings (SSSR count). The number of hydrogen-bond donors (Lipinski definition) is 1. The van der Waals surface area contributed by atoms with E-state index in [-0.39, 0.29) is 5.41 Å². The van der Waals surface area contributed by atoms with Crippen LogP contribution in [0.15, 0.2) is 23.4 Å². The molecule has 0 spiro atoms. The summed E-state index contributed by atoms with van der Waals surface area (Å²) in [5, 5.41) is 3.73. The van der Waals surface area contributed by atoms with Crippen LogP contribution < -0.4 is 5.32 Å². The average Bonchev–Trinajstić information content (AvgIpc) is 2.51. The molecule has 27 heavy (non-hydrogen) atoms. The number of nitrogens with zero attached hydrogens (tertiary/aromatic N) is 1. The molecule has 1 aromatic rings. The number of thioether (sulfide) groups is 1. The summed E-state index contributed by atoms with van der Waals surface area (Å²) >= 11 is 1.75. The summed E-state index contributed by atoms with van der Waals surface area (Å²) in [6.07, 6.45) is 1.39. The van der Waals surface area contributed by atoms with Gasteiger partial charge in [0.15, 0.2) is 0 Å². The van der Waals surface area contributed by atoms with E-state index in [0.29, 0.717) is 6.54 Å². The van der Waals surface area contributed by atoms with Crippen LogP contribution in [0.4, 0.5) is 4.79 Å². The Morgan fingerprint density at radius 3 is 2.00 bits per heavy atom. The minimum atomic E-state index is -0.476. The van der Waals surface area contributed by atoms with Gasteiger partial charge in [-0.1, -0.05) is 61.5 Å². The average molecular weight is 399 g/mol. The van der Waals surface area contributed by atoms with Gasteiger partial charge in [0.1, 0.15) is 5.60 Å². The lowest BCUT2D eigenvalue weighted by Gasteiger charge is -2.19. The highest BCUT2D eigenvalue weighted by Gasteiger charge is 2.15. The Kier molecular flexibility index (Phi) is 14.4. The first-order valence-corrected chi connectivity index (χ1v) is 10.8. The van der Waals surface area contributed by atoms with Gasteiger partial charge in [0.05, 0.1) is 5.03 Å². The van der Waals surface area contributed by atoms with Crippen LogP contribution in [0.2, 0.25) is 0 Å². The molecule has 0 bridgehead atoms. The summed E-state index contributed by atoms with van der Waals surface area (Å²) < 4.78 is 5.18. The summed E-state index contributed by atoms with van der Waals surface area (Å²) in [5.41, 5.74) is 0.764. The maximum Gasteiger partial charge on any atom is 0.407 e. The highest BCUT2D eigenvalue weighted by molar-refractivity contribution is 7.99. The zero-order valence-corrected chi connectivity index (χ0v) is 20.2. The Labute approximate surface area is 172 Å². The lowest BCUT2D eigenvalue weighted by atomic mass is 10.0. The van der Waals surface area contributed by atoms with Crippen LogP contribution in [0, 0.1) is 11.3 Å². The molecule has 0 saturated heterocycles. The Hall–Kier alpha value is -1.23. The van der Waals surface area contributed by atoms with Crippen molar-refractivity contribution in [1.82, 2.24) is 10.3 Å². The number of nitrogens with one attached hydrogen (secondary N) is 1. The van der Waals surface area contributed by atoms with Crippen LogP contribution in [0.25, 0.3) is 0 Å². The van der Waals surface area contributed by atoms with E-state index in [0.717, 1.165) is 22.3 Å². The van der Waals surface area contributed by atoms with Crippen LogP contribution in [-0.2, 0) is 11.3 Å². The molecular formula is C22H42N2O2S. The molecular weight excluding hydrogens is 356 g/mol. The molecule has 0 unspecified atom stereocenters. The smallest absolute Gasteiger partial charge is 0.407 e. The van der Waals surface area contributed by atoms with E-state index in [4.69, 9.17) is 4.74 Å². The number of ether oxygens (including phenoxy) is 1. The molecule has 0 atom stereocenters. The van der Waals surface area contributed by atoms with Crippen LogP contribution in [0.1, 0.15) is 81.7 Å². The van der Waals surface area contributed by atoms with Crippen molar-refractivity contribution in [3.8, 4) is 0 Å². The van der Waals surface area contributed by atoms with Crippen molar-refractivity contribution in [3.63, 3.8) is 0 Å². The van der Waals surface area contributed by atoms with Gasteiger partial charge in [0.25, 0.3) is 0 Å². The van der Waals surface area contributed by atoms with E-state index in [2.05, 4.69) is 51.8 Å². The molecule has 0 aliphatic heterocycles. The molecule has 0 radical (unpaired) electrons. The third-order valence-electron chi connectivity index (χ3n) is 2.29. The van der Waals surface area contributed by atoms with Gasteiger partial charge in [0.2, 0.25) is 0 Å². The molecule has 158 valence electrons. The van der Waals surface area contributed by atoms with Crippen LogP contribution >= 0.6 is 11.8 Å². The topological polar surface area (TPSA) is 51.2 Å². The fourth-order valence-corrected chi connectivity index (χ4v) is 2.25. The number of hydrogen-bond acceptors (Lipinski definition) is 4. The molecule has 1 heterocycles. The molecule has 1 N–H and O–H groups in total. The monoisotopic (exact) mass is 398 g/mol. The molecule has 0 aliphatic rings. The maximum absolute atomic E-state index is 11.6. The standard InChI is InChI=1S/C16H26N2O2S.C4H10.C2H6/c1-15(2,3)11-21-13-8-7-12(9-17-13)10-18-14(19)20-16(4,5)6;1-4(2)3;1-2/h7-9H,10-11H2,1-6H3,(H,18,19);4H,1-3H3;1-2H3. The van der Waals surface area contributed by atoms with Crippen molar-refractivity contribution < 1.29 is 9.53 Å². The van der Waals surface area contributed by atoms with Crippen LogP contribution in [0.5, 0.6) is 0 Å². The predicted molar refractivity (Wildman–Crippen MR) is 119 cm³/mol. The van der Waals surface area contributed by atoms with Gasteiger partial charge >= 0.3 is 6.09 Å². The Morgan fingerprint density at radius 2 is 1.63 bits per heavy atom. The summed E-state index contributed by atoms with van der Waals surface area (Å²) in [6.45, 7) is 23.1. The summed E-state index contributed by atoms with van der Waals surface area (Å²) in [4.78, 5) is 16.0. The third kappa shape index (κ3) is 20.9. The van der Waals surface area contributed by atoms with E-state index >= 15 is 0 Å². The number of alkyl carbamates (subject to hydrolysis) is 1. The van der Waals surface area contributed by atoms with Gasteiger partial charge < -0.3 is 10.1 Å². The second kappa shape index (κ2) is 13.9. The second-order valence-electron chi connectivity index (χ2n) is 8.94. The van der Waals surface area contributed by atoms with Crippen molar-refractivity contribution in [3.05, 3.63) is 23.9 Å². The van der Waals surface area contributed by atoms with E-state index in [9.17, 15) is 4.79 Å². The van der Waals surface area contributed by atoms with Crippen molar-refractivity contribution in [2.24, 2.45) is 11.3 Å². The number of carbonyl (C=O) groups excluding carboxylic acids is 1. The van der Waals surface area contributed by atoms with Crippen molar-refractivity contribution in [2.75, 3.05) is 5.75 Å². The predicted octanol–water partition coefficient (Wildman–Crippen LogP) is 6.93. The zero-order chi connectivity index (χ0) is 21.7. The summed E-state index contributed by atoms with van der Waals surface area (Å²) in [6, 6.07) is 3.97. The first-order chi connectivity index (χ1) is 12.3. The lowest BCUT2D eigenvalue weighted by Crippen LogP contribution is -2.32. The van der Waals surface area contributed by atoms with Gasteiger partial charge in [-0.05, 0) is 43.7 Å². The van der Waals surface area contributed by atoms with Crippen LogP contribution in [-0.4, -0.2) is 22.4 Å². The Morgan fingerprint density at radius 1 is 1.11 bits per heavy atom. The number of amides is 1. The minimum Gasteiger partial charge on any atom is -0.444 e. The third-order valence-corrected chi connectivity index (χ3v) is 3.83. The summed E-state index contributed by atoms with van der Waals surface area (Å²) in [5.74, 6) is 1.86. The first-order valence-electron chi connectivity index (χ1n) is 9.83. The Bertz CT molecular complexity index is 498. The molecule has 0 saturated carbocycles. The quantitative estimate of drug-likeness (QED) is 0.558. The van der Waals surface area contributed by atoms with Gasteiger partial charge in [-0.25, -0.2) is 9.78 Å². The van der Waals surface area contributed by atoms with E-state index < -0.39 is 11.7 Å². The van der Waals surface area contributed by atoms with Gasteiger partial charge in [-0.3, -0.25) is 0 Å². The number of carbonyl (C=O) groups is 1. The van der Waals surface area contributed by atoms with Crippen molar-refractivity contribution >= 4 is 17.9 Å². The normalized spacial score (nSPS) is 11.0. The van der Waals surface area contributed by atoms with Crippen molar-refractivity contribution in [1.29, 1.82) is 0 Å². The van der Waals surface area contributed by atoms with E-state index in [1.165, 1.54) is 0 Å². The lowest BCUT2D eigenvalue weighted by molar-refractivity contribution is 0.0523. The molecule has 1 amide bonds. The van der Waals surface area contributed by atoms with Crippen LogP contribution in [0.3, 0.4) is 0 Å². The van der Waals surface area contributed by atoms with Gasteiger partial charge in [0, 0.05) is 18.5 Å². The summed E-state index contributed by atoms with van der Waals surface area (Å²) in [7, 11) is 0. The minimum absolute atomic E-state index is 0.281. The molecule has 1 aromatic heterocycles. The fourth-order valence-electron chi connectivity index (χ4n) is 1.38. The van der Waals surface area contributed by atoms with E-state index in [1.807, 2.05) is 46.8 Å². The molecule has 0 aliphatic carbocycles. The second-order valence-corrected chi connectivity index (χ2v) is 9.94. The van der Waals surface area contributed by atoms with Crippen molar-refractivity contribution in [2.45, 2.75) is 93.3 Å². The van der Waals surface area contributed by atoms with Gasteiger partial charge in [-0.2, -0.15) is 0 Å². The fraction of sp³-hybridized carbons (Fsp3) is 0.727. The maximum atomic E-state index is 11.6. The highest BCUT2D eigenvalue weighted by atomic mass is 32.2. The number of pyridine rings is 1. The number of aromatic nitrogens is 1. The number of rotatable bonds is 4. The largest absolute Gasteiger partial charge is 0.444 e. The molecule has 0 aromatic carbocycles. The SMILES string of the molecule is CC.CC(C)(C)CSc1ccc(CNC(=O)OC(C)(C)C)cn1.CC(C)C. The van der Waals surface area contributed by atoms with Gasteiger partial charge in [-0.15, -0.1) is 11.8 Å². The molecule has 0 fully saturated rings. The zero-order valence-electron chi connectivity index (χ0n) is 19.4. The van der Waals surface area contributed by atoms with E-state index in [1.54, 1.807) is 18.0 Å². The highest BCUT2D eigenvalue weighted by Crippen LogP contribution is 2.25.